The van der Waals surface area contributed by atoms with Gasteiger partial charge in [-0.2, -0.15) is 9.97 Å². The number of pyridine rings is 1. The second-order valence-electron chi connectivity index (χ2n) is 25.2. The quantitative estimate of drug-likeness (QED) is 0.102. The predicted molar refractivity (Wildman–Crippen MR) is 312 cm³/mol. The zero-order chi connectivity index (χ0) is 58.3. The van der Waals surface area contributed by atoms with Crippen molar-refractivity contribution < 1.29 is 42.2 Å². The largest absolute Gasteiger partial charge is 0.461 e. The zero-order valence-corrected chi connectivity index (χ0v) is 48.1. The molecule has 7 aliphatic rings. The van der Waals surface area contributed by atoms with E-state index in [-0.39, 0.29) is 96.3 Å². The molecule has 13 rings (SSSR count). The van der Waals surface area contributed by atoms with Crippen LogP contribution in [0.1, 0.15) is 109 Å². The number of terminal acetylenes is 1. The van der Waals surface area contributed by atoms with Gasteiger partial charge in [-0.25, -0.2) is 23.2 Å². The van der Waals surface area contributed by atoms with E-state index in [0.717, 1.165) is 95.0 Å². The Balaban J connectivity index is 0.657. The third-order valence-electron chi connectivity index (χ3n) is 19.3. The van der Waals surface area contributed by atoms with Crippen LogP contribution in [0.4, 0.5) is 29.9 Å². The molecule has 0 radical (unpaired) electrons. The molecule has 7 fully saturated rings. The fourth-order valence-electron chi connectivity index (χ4n) is 15.1. The Morgan fingerprint density at radius 2 is 1.60 bits per heavy atom. The van der Waals surface area contributed by atoms with E-state index in [4.69, 9.17) is 30.6 Å². The van der Waals surface area contributed by atoms with Crippen LogP contribution < -0.4 is 25.5 Å². The maximum absolute atomic E-state index is 17.5. The Morgan fingerprint density at radius 1 is 0.845 bits per heavy atom. The third-order valence-corrected chi connectivity index (χ3v) is 19.3. The number of imide groups is 1. The van der Waals surface area contributed by atoms with Crippen LogP contribution >= 0.6 is 0 Å². The summed E-state index contributed by atoms with van der Waals surface area (Å²) in [5.74, 6) is 1.85. The Morgan fingerprint density at radius 3 is 2.32 bits per heavy atom. The molecule has 2 bridgehead atoms. The molecule has 3 aromatic heterocycles. The number of hydrogen-bond acceptors (Lipinski definition) is 14. The van der Waals surface area contributed by atoms with Crippen molar-refractivity contribution in [2.75, 3.05) is 68.8 Å². The number of aryl methyl sites for hydroxylation is 1. The third kappa shape index (κ3) is 9.90. The lowest BCUT2D eigenvalue weighted by Gasteiger charge is -2.42. The summed E-state index contributed by atoms with van der Waals surface area (Å²) in [6.45, 7) is 10.8. The number of nitrogens with zero attached hydrogens (tertiary/aromatic N) is 10. The van der Waals surface area contributed by atoms with Gasteiger partial charge in [-0.05, 0) is 139 Å². The molecule has 0 aliphatic carbocycles. The Kier molecular flexibility index (Phi) is 14.3. The van der Waals surface area contributed by atoms with Gasteiger partial charge in [0, 0.05) is 81.6 Å². The van der Waals surface area contributed by atoms with Gasteiger partial charge in [-0.15, -0.1) is 6.42 Å². The summed E-state index contributed by atoms with van der Waals surface area (Å²) in [4.78, 5) is 90.2. The lowest BCUT2D eigenvalue weighted by molar-refractivity contribution is -0.135. The fourth-order valence-corrected chi connectivity index (χ4v) is 15.1. The second kappa shape index (κ2) is 21.6. The number of carbonyl (C=O) groups is 4. The fraction of sp³-hybridized carbons (Fsp3) is 0.524. The molecule has 21 heteroatoms. The van der Waals surface area contributed by atoms with Gasteiger partial charge < -0.3 is 28.9 Å². The number of aromatic nitrogens is 5. The number of rotatable bonds is 10. The standard InChI is InChI=1S/C63H71F2N11O8/c1-6-44-47(64)15-11-39-9-7-10-45(52(39)44)54-53(65)55-46(32-66-54)56(73-33-41-12-13-42(34-73)75(41)61(81)84-62(2,3)4)69-58(68-55)83-36-63-24-8-26-74(63)43(19-25-63)35-82-60(80)72-29-22-38(23-30-72)37-20-27-71(28-21-37)40-14-16-48-50(31-40)70(5)59(79)76(48)49-17-18-51(77)67-57(49)78/h1,7,9-11,14-16,31-32,37-38,41-43,49H,8,12-13,17-30,33-36H2,2-5H3,(H,67,77,78)/t41?,42?,43-,49?,63-/m0/s1. The maximum atomic E-state index is 17.5. The van der Waals surface area contributed by atoms with Crippen molar-refractivity contribution in [1.29, 1.82) is 0 Å². The maximum Gasteiger partial charge on any atom is 0.410 e. The number of benzene rings is 3. The van der Waals surface area contributed by atoms with Gasteiger partial charge in [0.1, 0.15) is 47.7 Å². The minimum absolute atomic E-state index is 0.00116. The summed E-state index contributed by atoms with van der Waals surface area (Å²) >= 11 is 0. The van der Waals surface area contributed by atoms with Gasteiger partial charge in [-0.1, -0.05) is 30.2 Å². The average Bonchev–Trinajstić information content (AvgIpc) is 3.43. The average molecular weight is 1150 g/mol. The first-order valence-electron chi connectivity index (χ1n) is 29.9. The van der Waals surface area contributed by atoms with Crippen molar-refractivity contribution in [3.05, 3.63) is 82.4 Å². The Bertz CT molecular complexity index is 3730. The molecule has 0 spiro atoms. The molecule has 3 unspecified atom stereocenters. The number of hydrogen-bond donors (Lipinski definition) is 1. The molecule has 10 heterocycles. The van der Waals surface area contributed by atoms with E-state index in [9.17, 15) is 24.0 Å². The Hall–Kier alpha value is -7.86. The number of amides is 4. The number of anilines is 2. The number of fused-ring (bicyclic) bond motifs is 6. The first kappa shape index (κ1) is 55.3. The number of piperidine rings is 3. The number of likely N-dealkylation sites (tertiary alicyclic amines) is 1. The van der Waals surface area contributed by atoms with E-state index in [1.54, 1.807) is 42.1 Å². The van der Waals surface area contributed by atoms with Crippen LogP contribution in [0, 0.1) is 35.8 Å². The van der Waals surface area contributed by atoms with Crippen molar-refractivity contribution in [2.45, 2.75) is 133 Å². The molecule has 440 valence electrons. The number of halogens is 2. The van der Waals surface area contributed by atoms with Crippen molar-refractivity contribution in [3.8, 4) is 29.6 Å². The van der Waals surface area contributed by atoms with E-state index in [2.05, 4.69) is 30.9 Å². The summed E-state index contributed by atoms with van der Waals surface area (Å²) in [6, 6.07) is 13.0. The van der Waals surface area contributed by atoms with Crippen molar-refractivity contribution in [1.82, 2.24) is 44.1 Å². The monoisotopic (exact) mass is 1150 g/mol. The first-order chi connectivity index (χ1) is 40.5. The highest BCUT2D eigenvalue weighted by molar-refractivity contribution is 6.02. The molecule has 1 N–H and O–H groups in total. The normalized spacial score (nSPS) is 24.3. The number of imidazole rings is 1. The molecule has 5 atom stereocenters. The Labute approximate surface area is 485 Å². The summed E-state index contributed by atoms with van der Waals surface area (Å²) in [7, 11) is 1.72. The van der Waals surface area contributed by atoms with Gasteiger partial charge in [0.15, 0.2) is 5.82 Å². The molecule has 3 aromatic carbocycles. The first-order valence-corrected chi connectivity index (χ1v) is 29.9. The van der Waals surface area contributed by atoms with Crippen LogP contribution in [0.25, 0.3) is 44.0 Å². The van der Waals surface area contributed by atoms with E-state index in [1.165, 1.54) is 10.6 Å². The van der Waals surface area contributed by atoms with Crippen molar-refractivity contribution in [3.63, 3.8) is 0 Å². The van der Waals surface area contributed by atoms with Crippen LogP contribution in [0.5, 0.6) is 6.01 Å². The second-order valence-corrected chi connectivity index (χ2v) is 25.2. The van der Waals surface area contributed by atoms with Gasteiger partial charge in [0.2, 0.25) is 11.8 Å². The molecule has 0 saturated carbocycles. The van der Waals surface area contributed by atoms with Gasteiger partial charge >= 0.3 is 23.9 Å². The van der Waals surface area contributed by atoms with E-state index in [1.807, 2.05) is 48.8 Å². The molecule has 19 nitrogen and oxygen atoms in total. The SMILES string of the molecule is C#Cc1c(F)ccc2cccc(-c3ncc4c(N5CC6CCC(C5)N6C(=O)OC(C)(C)C)nc(OC[C@@]56CCCN5[C@H](COC(=O)N5CCC(C7CCN(c8ccc9c(c8)n(C)c(=O)n9C8CCC(=O)NC8=O)CC7)CC5)CC6)nc4c3F)c12. The summed E-state index contributed by atoms with van der Waals surface area (Å²) in [5.41, 5.74) is 1.43. The molecular weight excluding hydrogens is 1080 g/mol. The minimum atomic E-state index is -0.727. The summed E-state index contributed by atoms with van der Waals surface area (Å²) in [6.07, 6.45) is 16.1. The smallest absolute Gasteiger partial charge is 0.410 e. The van der Waals surface area contributed by atoms with E-state index < -0.39 is 29.2 Å². The highest BCUT2D eigenvalue weighted by Crippen LogP contribution is 2.45. The van der Waals surface area contributed by atoms with Crippen molar-refractivity contribution in [2.24, 2.45) is 18.9 Å². The van der Waals surface area contributed by atoms with Crippen LogP contribution in [0.3, 0.4) is 0 Å². The molecule has 7 aliphatic heterocycles. The van der Waals surface area contributed by atoms with E-state index in [0.29, 0.717) is 71.1 Å². The van der Waals surface area contributed by atoms with Gasteiger partial charge in [0.05, 0.1) is 39.6 Å². The van der Waals surface area contributed by atoms with Crippen LogP contribution in [-0.4, -0.2) is 151 Å². The number of piperazine rings is 1. The van der Waals surface area contributed by atoms with Gasteiger partial charge in [-0.3, -0.25) is 38.8 Å². The topological polar surface area (TPSA) is 190 Å². The molecular formula is C63H71F2N11O8. The van der Waals surface area contributed by atoms with Crippen LogP contribution in [0.15, 0.2) is 59.5 Å². The number of nitrogens with one attached hydrogen (secondary N) is 1. The van der Waals surface area contributed by atoms with Crippen LogP contribution in [-0.2, 0) is 26.1 Å². The van der Waals surface area contributed by atoms with Crippen molar-refractivity contribution >= 4 is 68.2 Å². The van der Waals surface area contributed by atoms with Gasteiger partial charge in [0.25, 0.3) is 0 Å². The molecule has 4 amide bonds. The lowest BCUT2D eigenvalue weighted by atomic mass is 9.79. The van der Waals surface area contributed by atoms with E-state index >= 15 is 8.78 Å². The number of ether oxygens (including phenoxy) is 3. The predicted octanol–water partition coefficient (Wildman–Crippen LogP) is 8.46. The molecule has 6 aromatic rings. The lowest BCUT2D eigenvalue weighted by Crippen LogP contribution is -2.57. The molecule has 84 heavy (non-hydrogen) atoms. The zero-order valence-electron chi connectivity index (χ0n) is 48.1. The van der Waals surface area contributed by atoms with Crippen LogP contribution in [0.2, 0.25) is 0 Å². The summed E-state index contributed by atoms with van der Waals surface area (Å²) < 4.78 is 54.4. The molecule has 7 saturated heterocycles. The highest BCUT2D eigenvalue weighted by Gasteiger charge is 2.51. The summed E-state index contributed by atoms with van der Waals surface area (Å²) in [5, 5.41) is 3.76. The minimum Gasteiger partial charge on any atom is -0.461 e. The number of carbonyl (C=O) groups excluding carboxylic acids is 4. The highest BCUT2D eigenvalue weighted by atomic mass is 19.1.